The number of amides is 2. The predicted octanol–water partition coefficient (Wildman–Crippen LogP) is 5.23. The summed E-state index contributed by atoms with van der Waals surface area (Å²) in [6.45, 7) is 9.01. The van der Waals surface area contributed by atoms with E-state index in [1.165, 1.54) is 12.1 Å². The Bertz CT molecular complexity index is 1670. The molecule has 0 spiro atoms. The van der Waals surface area contributed by atoms with Crippen molar-refractivity contribution in [2.75, 3.05) is 18.4 Å². The van der Waals surface area contributed by atoms with E-state index in [0.717, 1.165) is 5.56 Å². The van der Waals surface area contributed by atoms with Crippen LogP contribution in [0.15, 0.2) is 41.3 Å². The summed E-state index contributed by atoms with van der Waals surface area (Å²) in [7, 11) is -3.80. The first-order valence-electron chi connectivity index (χ1n) is 12.9. The van der Waals surface area contributed by atoms with Gasteiger partial charge in [0.05, 0.1) is 31.8 Å². The number of anilines is 1. The molecule has 0 saturated carbocycles. The van der Waals surface area contributed by atoms with Crippen LogP contribution in [0, 0.1) is 13.8 Å². The van der Waals surface area contributed by atoms with Crippen LogP contribution in [0.1, 0.15) is 52.3 Å². The van der Waals surface area contributed by atoms with Crippen LogP contribution in [0.5, 0.6) is 0 Å². The van der Waals surface area contributed by atoms with E-state index < -0.39 is 9.84 Å². The first-order chi connectivity index (χ1) is 18.9. The zero-order valence-corrected chi connectivity index (χ0v) is 24.9. The number of hydrogen-bond donors (Lipinski definition) is 3. The Morgan fingerprint density at radius 2 is 1.80 bits per heavy atom. The highest BCUT2D eigenvalue weighted by molar-refractivity contribution is 7.90. The lowest BCUT2D eigenvalue weighted by Gasteiger charge is -2.36. The largest absolute Gasteiger partial charge is 0.358 e. The summed E-state index contributed by atoms with van der Waals surface area (Å²) in [6.07, 6.45) is 1.67. The lowest BCUT2D eigenvalue weighted by Crippen LogP contribution is -2.55. The molecule has 2 aliphatic rings. The van der Waals surface area contributed by atoms with Crippen molar-refractivity contribution in [3.8, 4) is 0 Å². The number of hydrogen-bond acceptors (Lipinski definition) is 5. The van der Waals surface area contributed by atoms with Crippen molar-refractivity contribution in [1.29, 1.82) is 0 Å². The van der Waals surface area contributed by atoms with Gasteiger partial charge in [-0.05, 0) is 69.2 Å². The minimum Gasteiger partial charge on any atom is -0.358 e. The van der Waals surface area contributed by atoms with Crippen molar-refractivity contribution in [2.45, 2.75) is 50.4 Å². The second-order valence-electron chi connectivity index (χ2n) is 10.5. The normalized spacial score (nSPS) is 20.1. The monoisotopic (exact) mass is 600 g/mol. The number of nitrogens with one attached hydrogen (secondary N) is 3. The number of carbonyl (C=O) groups excluding carboxylic acids is 2. The average Bonchev–Trinajstić information content (AvgIpc) is 3.34. The van der Waals surface area contributed by atoms with Gasteiger partial charge in [0.1, 0.15) is 0 Å². The molecule has 0 bridgehead atoms. The molecule has 40 heavy (non-hydrogen) atoms. The number of H-pyrrole nitrogens is 1. The van der Waals surface area contributed by atoms with Gasteiger partial charge in [-0.2, -0.15) is 0 Å². The number of aromatic nitrogens is 1. The minimum atomic E-state index is -3.80. The Kier molecular flexibility index (Phi) is 7.60. The van der Waals surface area contributed by atoms with E-state index in [2.05, 4.69) is 29.5 Å². The SMILES string of the molecule is Cc1[nH]c(C=C2C(=O)Nc3ccc(S(=O)(=O)Cc4cccc(Cl)c4Cl)cc32)c(C)c1C(=O)N1C[C@@H](C)N[C@@H](C)C1. The minimum absolute atomic E-state index is 0.0552. The molecule has 0 radical (unpaired) electrons. The molecule has 1 saturated heterocycles. The van der Waals surface area contributed by atoms with Crippen LogP contribution in [-0.2, 0) is 20.4 Å². The zero-order chi connectivity index (χ0) is 28.9. The van der Waals surface area contributed by atoms with Crippen LogP contribution < -0.4 is 10.6 Å². The predicted molar refractivity (Wildman–Crippen MR) is 159 cm³/mol. The van der Waals surface area contributed by atoms with Crippen molar-refractivity contribution in [3.05, 3.63) is 80.1 Å². The number of fused-ring (bicyclic) bond motifs is 1. The van der Waals surface area contributed by atoms with Crippen LogP contribution in [0.3, 0.4) is 0 Å². The third kappa shape index (κ3) is 5.31. The number of carbonyl (C=O) groups is 2. The summed E-state index contributed by atoms with van der Waals surface area (Å²) in [5.74, 6) is -0.748. The molecule has 11 heteroatoms. The second kappa shape index (κ2) is 10.7. The van der Waals surface area contributed by atoms with Gasteiger partial charge in [0, 0.05) is 47.8 Å². The van der Waals surface area contributed by atoms with Crippen LogP contribution in [0.4, 0.5) is 5.69 Å². The first kappa shape index (κ1) is 28.4. The van der Waals surface area contributed by atoms with E-state index in [0.29, 0.717) is 52.4 Å². The summed E-state index contributed by atoms with van der Waals surface area (Å²) in [4.78, 5) is 31.6. The highest BCUT2D eigenvalue weighted by Crippen LogP contribution is 2.37. The summed E-state index contributed by atoms with van der Waals surface area (Å²) in [6, 6.07) is 9.77. The number of nitrogens with zero attached hydrogens (tertiary/aromatic N) is 1. The van der Waals surface area contributed by atoms with Gasteiger partial charge < -0.3 is 20.5 Å². The fraction of sp³-hybridized carbons (Fsp3) is 0.310. The van der Waals surface area contributed by atoms with Gasteiger partial charge in [-0.1, -0.05) is 35.3 Å². The molecule has 2 atom stereocenters. The highest BCUT2D eigenvalue weighted by atomic mass is 35.5. The molecule has 0 aliphatic carbocycles. The lowest BCUT2D eigenvalue weighted by atomic mass is 10.0. The van der Waals surface area contributed by atoms with Gasteiger partial charge in [0.2, 0.25) is 0 Å². The van der Waals surface area contributed by atoms with Gasteiger partial charge in [-0.25, -0.2) is 8.42 Å². The number of benzene rings is 2. The number of piperazine rings is 1. The molecule has 0 unspecified atom stereocenters. The first-order valence-corrected chi connectivity index (χ1v) is 15.3. The molecule has 2 amide bonds. The Labute approximate surface area is 243 Å². The van der Waals surface area contributed by atoms with Gasteiger partial charge in [0.15, 0.2) is 9.84 Å². The Morgan fingerprint density at radius 3 is 2.50 bits per heavy atom. The molecule has 5 rings (SSSR count). The molecule has 3 N–H and O–H groups in total. The van der Waals surface area contributed by atoms with E-state index in [-0.39, 0.29) is 44.6 Å². The van der Waals surface area contributed by atoms with Crippen LogP contribution in [-0.4, -0.2) is 55.3 Å². The number of aryl methyl sites for hydroxylation is 1. The van der Waals surface area contributed by atoms with Crippen LogP contribution in [0.2, 0.25) is 10.0 Å². The number of rotatable bonds is 5. The van der Waals surface area contributed by atoms with Gasteiger partial charge >= 0.3 is 0 Å². The van der Waals surface area contributed by atoms with Gasteiger partial charge in [-0.3, -0.25) is 9.59 Å². The smallest absolute Gasteiger partial charge is 0.256 e. The lowest BCUT2D eigenvalue weighted by molar-refractivity contribution is -0.110. The summed E-state index contributed by atoms with van der Waals surface area (Å²) < 4.78 is 26.6. The Balaban J connectivity index is 1.48. The molecular formula is C29H30Cl2N4O4S. The van der Waals surface area contributed by atoms with E-state index in [4.69, 9.17) is 23.2 Å². The van der Waals surface area contributed by atoms with Crippen molar-refractivity contribution < 1.29 is 18.0 Å². The fourth-order valence-corrected chi connectivity index (χ4v) is 7.34. The average molecular weight is 602 g/mol. The summed E-state index contributed by atoms with van der Waals surface area (Å²) >= 11 is 12.3. The third-order valence-corrected chi connectivity index (χ3v) is 9.85. The maximum Gasteiger partial charge on any atom is 0.256 e. The summed E-state index contributed by atoms with van der Waals surface area (Å²) in [5, 5.41) is 6.71. The Hall–Kier alpha value is -3.11. The molecule has 3 aromatic rings. The summed E-state index contributed by atoms with van der Waals surface area (Å²) in [5.41, 5.74) is 4.32. The Morgan fingerprint density at radius 1 is 1.10 bits per heavy atom. The maximum absolute atomic E-state index is 13.5. The second-order valence-corrected chi connectivity index (χ2v) is 13.3. The molecular weight excluding hydrogens is 571 g/mol. The van der Waals surface area contributed by atoms with Crippen molar-refractivity contribution in [1.82, 2.24) is 15.2 Å². The maximum atomic E-state index is 13.5. The molecule has 2 aliphatic heterocycles. The third-order valence-electron chi connectivity index (χ3n) is 7.33. The van der Waals surface area contributed by atoms with E-state index in [1.807, 2.05) is 18.7 Å². The standard InChI is InChI=1S/C29H30Cl2N4O4S/c1-15-12-35(13-16(2)32-15)29(37)26-17(3)25(33-18(26)4)11-22-21-10-20(8-9-24(21)34-28(22)36)40(38,39)14-19-6-5-7-23(30)27(19)31/h5-11,15-16,32-33H,12-14H2,1-4H3,(H,34,36)/t15-,16+. The molecule has 2 aromatic carbocycles. The van der Waals surface area contributed by atoms with Crippen LogP contribution >= 0.6 is 23.2 Å². The van der Waals surface area contributed by atoms with E-state index >= 15 is 0 Å². The van der Waals surface area contributed by atoms with Crippen molar-refractivity contribution in [2.24, 2.45) is 0 Å². The van der Waals surface area contributed by atoms with Crippen LogP contribution in [0.25, 0.3) is 11.6 Å². The van der Waals surface area contributed by atoms with E-state index in [1.54, 1.807) is 30.3 Å². The number of halogens is 2. The molecule has 3 heterocycles. The van der Waals surface area contributed by atoms with Gasteiger partial charge in [0.25, 0.3) is 11.8 Å². The molecule has 8 nitrogen and oxygen atoms in total. The van der Waals surface area contributed by atoms with Crippen molar-refractivity contribution in [3.63, 3.8) is 0 Å². The van der Waals surface area contributed by atoms with Gasteiger partial charge in [-0.15, -0.1) is 0 Å². The van der Waals surface area contributed by atoms with E-state index in [9.17, 15) is 18.0 Å². The quantitative estimate of drug-likeness (QED) is 0.347. The zero-order valence-electron chi connectivity index (χ0n) is 22.6. The molecule has 210 valence electrons. The topological polar surface area (TPSA) is 111 Å². The van der Waals surface area contributed by atoms with Crippen molar-refractivity contribution >= 4 is 62.2 Å². The molecule has 1 fully saturated rings. The molecule has 1 aromatic heterocycles. The highest BCUT2D eigenvalue weighted by Gasteiger charge is 2.31. The fourth-order valence-electron chi connectivity index (χ4n) is 5.49. The number of aromatic amines is 1. The number of sulfone groups is 1.